The van der Waals surface area contributed by atoms with Crippen LogP contribution in [0.1, 0.15) is 43.2 Å². The Balaban J connectivity index is 1.39. The van der Waals surface area contributed by atoms with E-state index < -0.39 is 0 Å². The summed E-state index contributed by atoms with van der Waals surface area (Å²) in [6, 6.07) is 6.57. The quantitative estimate of drug-likeness (QED) is 0.918. The predicted molar refractivity (Wildman–Crippen MR) is 84.5 cm³/mol. The van der Waals surface area contributed by atoms with Crippen LogP contribution in [0.2, 0.25) is 0 Å². The lowest BCUT2D eigenvalue weighted by Gasteiger charge is -2.42. The molecule has 1 aliphatic carbocycles. The van der Waals surface area contributed by atoms with E-state index in [0.29, 0.717) is 19.0 Å². The summed E-state index contributed by atoms with van der Waals surface area (Å²) in [5, 5.41) is 7.37. The monoisotopic (exact) mass is 314 g/mol. The van der Waals surface area contributed by atoms with Gasteiger partial charge in [-0.1, -0.05) is 6.42 Å². The van der Waals surface area contributed by atoms with E-state index in [1.54, 1.807) is 6.26 Å². The zero-order chi connectivity index (χ0) is 15.6. The third-order valence-corrected chi connectivity index (χ3v) is 4.96. The number of hydrogen-bond acceptors (Lipinski definition) is 4. The summed E-state index contributed by atoms with van der Waals surface area (Å²) in [4.78, 5) is 14.8. The number of nitrogens with zero attached hydrogens (tertiary/aromatic N) is 3. The van der Waals surface area contributed by atoms with Crippen LogP contribution in [0.3, 0.4) is 0 Å². The number of carbonyl (C=O) groups excluding carboxylic acids is 1. The van der Waals surface area contributed by atoms with Crippen molar-refractivity contribution in [2.75, 3.05) is 6.54 Å². The van der Waals surface area contributed by atoms with Gasteiger partial charge in [0, 0.05) is 25.3 Å². The van der Waals surface area contributed by atoms with E-state index in [0.717, 1.165) is 18.8 Å². The molecule has 6 nitrogen and oxygen atoms in total. The smallest absolute Gasteiger partial charge is 0.222 e. The maximum Gasteiger partial charge on any atom is 0.222 e. The lowest BCUT2D eigenvalue weighted by Crippen LogP contribution is -2.47. The van der Waals surface area contributed by atoms with Crippen molar-refractivity contribution in [1.82, 2.24) is 20.0 Å². The first-order valence-electron chi connectivity index (χ1n) is 8.35. The van der Waals surface area contributed by atoms with Gasteiger partial charge in [0.25, 0.3) is 0 Å². The van der Waals surface area contributed by atoms with Gasteiger partial charge in [0.05, 0.1) is 31.0 Å². The number of nitrogens with one attached hydrogen (secondary N) is 1. The van der Waals surface area contributed by atoms with Crippen LogP contribution in [0.5, 0.6) is 0 Å². The third-order valence-electron chi connectivity index (χ3n) is 4.96. The Morgan fingerprint density at radius 1 is 1.39 bits per heavy atom. The Bertz CT molecular complexity index is 660. The normalized spacial score (nSPS) is 21.7. The summed E-state index contributed by atoms with van der Waals surface area (Å²) in [6.45, 7) is 2.31. The number of amides is 1. The number of rotatable bonds is 5. The lowest BCUT2D eigenvalue weighted by atomic mass is 9.90. The number of carbonyl (C=O) groups is 1. The van der Waals surface area contributed by atoms with E-state index in [9.17, 15) is 4.79 Å². The molecule has 23 heavy (non-hydrogen) atoms. The number of furan rings is 1. The average Bonchev–Trinajstić information content (AvgIpc) is 3.14. The third kappa shape index (κ3) is 3.03. The minimum absolute atomic E-state index is 0.0447. The van der Waals surface area contributed by atoms with E-state index in [-0.39, 0.29) is 11.9 Å². The maximum absolute atomic E-state index is 12.3. The highest BCUT2D eigenvalue weighted by molar-refractivity contribution is 5.76. The van der Waals surface area contributed by atoms with Crippen molar-refractivity contribution in [1.29, 1.82) is 0 Å². The van der Waals surface area contributed by atoms with Gasteiger partial charge < -0.3 is 9.73 Å². The van der Waals surface area contributed by atoms with Gasteiger partial charge in [-0.3, -0.25) is 14.4 Å². The van der Waals surface area contributed by atoms with Crippen molar-refractivity contribution in [2.45, 2.75) is 50.9 Å². The Hall–Kier alpha value is -2.08. The van der Waals surface area contributed by atoms with Crippen molar-refractivity contribution >= 4 is 5.91 Å². The second-order valence-electron chi connectivity index (χ2n) is 6.50. The SMILES string of the molecule is O=C(C[C@H]1CN(C2CCC2)Cc2ccnn21)NCc1ccco1. The Morgan fingerprint density at radius 3 is 3.04 bits per heavy atom. The number of fused-ring (bicyclic) bond motifs is 1. The summed E-state index contributed by atoms with van der Waals surface area (Å²) in [5.41, 5.74) is 1.21. The Labute approximate surface area is 135 Å². The van der Waals surface area contributed by atoms with Crippen molar-refractivity contribution in [2.24, 2.45) is 0 Å². The van der Waals surface area contributed by atoms with Crippen LogP contribution in [0.15, 0.2) is 35.1 Å². The highest BCUT2D eigenvalue weighted by Gasteiger charge is 2.33. The number of hydrogen-bond donors (Lipinski definition) is 1. The Morgan fingerprint density at radius 2 is 2.30 bits per heavy atom. The molecule has 0 spiro atoms. The zero-order valence-corrected chi connectivity index (χ0v) is 13.1. The van der Waals surface area contributed by atoms with Crippen molar-refractivity contribution in [3.63, 3.8) is 0 Å². The summed E-state index contributed by atoms with van der Waals surface area (Å²) >= 11 is 0. The van der Waals surface area contributed by atoms with Crippen LogP contribution in [-0.2, 0) is 17.9 Å². The van der Waals surface area contributed by atoms with Crippen molar-refractivity contribution < 1.29 is 9.21 Å². The molecule has 0 bridgehead atoms. The van der Waals surface area contributed by atoms with Crippen LogP contribution in [0.4, 0.5) is 0 Å². The highest BCUT2D eigenvalue weighted by Crippen LogP contribution is 2.31. The molecular formula is C17H22N4O2. The largest absolute Gasteiger partial charge is 0.467 e. The standard InChI is InChI=1S/C17H22N4O2/c22-17(18-10-16-5-2-8-23-16)9-15-12-20(13-3-1-4-13)11-14-6-7-19-21(14)15/h2,5-8,13,15H,1,3-4,9-12H2,(H,18,22)/t15-/m0/s1. The van der Waals surface area contributed by atoms with Crippen LogP contribution in [0.25, 0.3) is 0 Å². The molecule has 1 N–H and O–H groups in total. The van der Waals surface area contributed by atoms with Gasteiger partial charge in [-0.15, -0.1) is 0 Å². The molecule has 1 saturated carbocycles. The van der Waals surface area contributed by atoms with E-state index in [4.69, 9.17) is 4.42 Å². The fourth-order valence-electron chi connectivity index (χ4n) is 3.48. The zero-order valence-electron chi connectivity index (χ0n) is 13.1. The Kier molecular flexibility index (Phi) is 3.91. The van der Waals surface area contributed by atoms with Gasteiger partial charge in [-0.25, -0.2) is 0 Å². The maximum atomic E-state index is 12.3. The van der Waals surface area contributed by atoms with Crippen LogP contribution in [-0.4, -0.2) is 33.2 Å². The van der Waals surface area contributed by atoms with Crippen molar-refractivity contribution in [3.8, 4) is 0 Å². The molecule has 1 aliphatic heterocycles. The summed E-state index contributed by atoms with van der Waals surface area (Å²) in [7, 11) is 0. The average molecular weight is 314 g/mol. The molecule has 4 rings (SSSR count). The molecule has 0 aromatic carbocycles. The molecule has 2 aromatic rings. The van der Waals surface area contributed by atoms with Gasteiger partial charge in [-0.2, -0.15) is 5.10 Å². The van der Waals surface area contributed by atoms with E-state index in [2.05, 4.69) is 21.4 Å². The van der Waals surface area contributed by atoms with E-state index in [1.165, 1.54) is 25.0 Å². The van der Waals surface area contributed by atoms with Gasteiger partial charge in [0.1, 0.15) is 5.76 Å². The molecular weight excluding hydrogens is 292 g/mol. The molecule has 1 amide bonds. The molecule has 0 saturated heterocycles. The number of aromatic nitrogens is 2. The topological polar surface area (TPSA) is 63.3 Å². The molecule has 1 atom stereocenters. The highest BCUT2D eigenvalue weighted by atomic mass is 16.3. The molecule has 0 unspecified atom stereocenters. The summed E-state index contributed by atoms with van der Waals surface area (Å²) in [5.74, 6) is 0.821. The van der Waals surface area contributed by atoms with Gasteiger partial charge in [-0.05, 0) is 31.0 Å². The fourth-order valence-corrected chi connectivity index (χ4v) is 3.48. The summed E-state index contributed by atoms with van der Waals surface area (Å²) < 4.78 is 7.28. The van der Waals surface area contributed by atoms with Crippen LogP contribution in [0, 0.1) is 0 Å². The minimum atomic E-state index is 0.0447. The van der Waals surface area contributed by atoms with Gasteiger partial charge in [0.15, 0.2) is 0 Å². The second kappa shape index (κ2) is 6.20. The molecule has 6 heteroatoms. The fraction of sp³-hybridized carbons (Fsp3) is 0.529. The first-order valence-corrected chi connectivity index (χ1v) is 8.35. The minimum Gasteiger partial charge on any atom is -0.467 e. The molecule has 0 radical (unpaired) electrons. The first kappa shape index (κ1) is 14.5. The van der Waals surface area contributed by atoms with Gasteiger partial charge in [0.2, 0.25) is 5.91 Å². The first-order chi connectivity index (χ1) is 11.3. The lowest BCUT2D eigenvalue weighted by molar-refractivity contribution is -0.122. The van der Waals surface area contributed by atoms with Crippen LogP contribution >= 0.6 is 0 Å². The summed E-state index contributed by atoms with van der Waals surface area (Å²) in [6.07, 6.45) is 7.81. The molecule has 3 heterocycles. The molecule has 2 aromatic heterocycles. The van der Waals surface area contributed by atoms with E-state index >= 15 is 0 Å². The van der Waals surface area contributed by atoms with E-state index in [1.807, 2.05) is 23.0 Å². The van der Waals surface area contributed by atoms with Crippen molar-refractivity contribution in [3.05, 3.63) is 42.1 Å². The molecule has 122 valence electrons. The van der Waals surface area contributed by atoms with Gasteiger partial charge >= 0.3 is 0 Å². The predicted octanol–water partition coefficient (Wildman–Crippen LogP) is 2.09. The molecule has 2 aliphatic rings. The second-order valence-corrected chi connectivity index (χ2v) is 6.50. The van der Waals surface area contributed by atoms with Crippen LogP contribution < -0.4 is 5.32 Å². The molecule has 1 fully saturated rings.